The molecule has 82 valence electrons. The highest BCUT2D eigenvalue weighted by Gasteiger charge is 2.19. The van der Waals surface area contributed by atoms with E-state index in [1.807, 2.05) is 0 Å². The van der Waals surface area contributed by atoms with Gasteiger partial charge in [0.15, 0.2) is 0 Å². The van der Waals surface area contributed by atoms with E-state index in [0.29, 0.717) is 6.61 Å². The predicted molar refractivity (Wildman–Crippen MR) is 54.1 cm³/mol. The van der Waals surface area contributed by atoms with Crippen LogP contribution < -0.4 is 0 Å². The number of rotatable bonds is 3. The van der Waals surface area contributed by atoms with E-state index in [1.165, 1.54) is 0 Å². The molecule has 1 aliphatic rings. The second kappa shape index (κ2) is 5.16. The number of aromatic nitrogens is 2. The van der Waals surface area contributed by atoms with Gasteiger partial charge < -0.3 is 9.84 Å². The molecule has 0 spiro atoms. The minimum absolute atomic E-state index is 0.0598. The number of hydrogen-bond donors (Lipinski definition) is 1. The molecule has 1 saturated heterocycles. The Morgan fingerprint density at radius 1 is 1.53 bits per heavy atom. The molecule has 0 bridgehead atoms. The smallest absolute Gasteiger partial charge is 0.0933 e. The maximum absolute atomic E-state index is 9.00. The molecular weight excluding hydrogens is 194 g/mol. The van der Waals surface area contributed by atoms with Crippen molar-refractivity contribution in [2.45, 2.75) is 12.6 Å². The summed E-state index contributed by atoms with van der Waals surface area (Å²) in [7, 11) is 0. The summed E-state index contributed by atoms with van der Waals surface area (Å²) in [5, 5.41) is 9.00. The summed E-state index contributed by atoms with van der Waals surface area (Å²) >= 11 is 0. The summed E-state index contributed by atoms with van der Waals surface area (Å²) in [5.74, 6) is 0. The van der Waals surface area contributed by atoms with Crippen molar-refractivity contribution in [2.75, 3.05) is 26.3 Å². The Labute approximate surface area is 88.7 Å². The summed E-state index contributed by atoms with van der Waals surface area (Å²) in [5.41, 5.74) is 0.955. The normalized spacial score (nSPS) is 22.9. The lowest BCUT2D eigenvalue weighted by Gasteiger charge is -2.31. The average Bonchev–Trinajstić information content (AvgIpc) is 2.31. The monoisotopic (exact) mass is 209 g/mol. The molecule has 0 aromatic carbocycles. The average molecular weight is 209 g/mol. The third kappa shape index (κ3) is 2.95. The van der Waals surface area contributed by atoms with Crippen LogP contribution in [0.25, 0.3) is 0 Å². The summed E-state index contributed by atoms with van der Waals surface area (Å²) in [4.78, 5) is 10.5. The van der Waals surface area contributed by atoms with Crippen LogP contribution in [-0.4, -0.2) is 52.4 Å². The molecule has 0 saturated carbocycles. The number of aliphatic hydroxyl groups excluding tert-OH is 1. The highest BCUT2D eigenvalue weighted by molar-refractivity contribution is 4.94. The Kier molecular flexibility index (Phi) is 3.60. The minimum atomic E-state index is -0.0598. The maximum atomic E-state index is 9.00. The van der Waals surface area contributed by atoms with E-state index in [-0.39, 0.29) is 12.7 Å². The Morgan fingerprint density at radius 3 is 3.20 bits per heavy atom. The fourth-order valence-corrected chi connectivity index (χ4v) is 1.68. The zero-order valence-electron chi connectivity index (χ0n) is 8.54. The zero-order chi connectivity index (χ0) is 10.5. The predicted octanol–water partition coefficient (Wildman–Crippen LogP) is -0.330. The van der Waals surface area contributed by atoms with Gasteiger partial charge in [-0.25, -0.2) is 0 Å². The van der Waals surface area contributed by atoms with E-state index in [4.69, 9.17) is 9.84 Å². The van der Waals surface area contributed by atoms with Crippen LogP contribution in [0.3, 0.4) is 0 Å². The molecule has 1 aliphatic heterocycles. The van der Waals surface area contributed by atoms with Crippen molar-refractivity contribution in [3.63, 3.8) is 0 Å². The Balaban J connectivity index is 1.89. The quantitative estimate of drug-likeness (QED) is 0.738. The van der Waals surface area contributed by atoms with Gasteiger partial charge in [0, 0.05) is 38.2 Å². The van der Waals surface area contributed by atoms with Crippen LogP contribution >= 0.6 is 0 Å². The number of ether oxygens (including phenoxy) is 1. The SMILES string of the molecule is OCC1CN(Cc2cnccn2)CCO1. The van der Waals surface area contributed by atoms with Crippen molar-refractivity contribution in [3.8, 4) is 0 Å². The van der Waals surface area contributed by atoms with Gasteiger partial charge in [0.25, 0.3) is 0 Å². The lowest BCUT2D eigenvalue weighted by molar-refractivity contribution is -0.0554. The van der Waals surface area contributed by atoms with E-state index in [1.54, 1.807) is 18.6 Å². The van der Waals surface area contributed by atoms with Crippen LogP contribution in [-0.2, 0) is 11.3 Å². The molecule has 1 N–H and O–H groups in total. The van der Waals surface area contributed by atoms with E-state index in [9.17, 15) is 0 Å². The molecule has 0 aliphatic carbocycles. The van der Waals surface area contributed by atoms with Crippen LogP contribution in [0.4, 0.5) is 0 Å². The fraction of sp³-hybridized carbons (Fsp3) is 0.600. The standard InChI is InChI=1S/C10H15N3O2/c14-8-10-7-13(3-4-15-10)6-9-5-11-1-2-12-9/h1-2,5,10,14H,3-4,6-8H2. The van der Waals surface area contributed by atoms with Gasteiger partial charge in [-0.2, -0.15) is 0 Å². The second-order valence-electron chi connectivity index (χ2n) is 3.61. The number of hydrogen-bond acceptors (Lipinski definition) is 5. The number of nitrogens with zero attached hydrogens (tertiary/aromatic N) is 3. The first kappa shape index (κ1) is 10.5. The molecule has 2 heterocycles. The van der Waals surface area contributed by atoms with Crippen LogP contribution in [0.15, 0.2) is 18.6 Å². The largest absolute Gasteiger partial charge is 0.394 e. The van der Waals surface area contributed by atoms with Crippen molar-refractivity contribution in [1.82, 2.24) is 14.9 Å². The Morgan fingerprint density at radius 2 is 2.47 bits per heavy atom. The van der Waals surface area contributed by atoms with Gasteiger partial charge in [0.05, 0.1) is 25.0 Å². The summed E-state index contributed by atoms with van der Waals surface area (Å²) in [6.45, 7) is 3.16. The van der Waals surface area contributed by atoms with E-state index >= 15 is 0 Å². The number of morpholine rings is 1. The molecule has 5 nitrogen and oxygen atoms in total. The third-order valence-corrected chi connectivity index (χ3v) is 2.43. The minimum Gasteiger partial charge on any atom is -0.394 e. The van der Waals surface area contributed by atoms with Crippen LogP contribution in [0.5, 0.6) is 0 Å². The first-order valence-electron chi connectivity index (χ1n) is 5.08. The fourth-order valence-electron chi connectivity index (χ4n) is 1.68. The van der Waals surface area contributed by atoms with E-state index in [2.05, 4.69) is 14.9 Å². The van der Waals surface area contributed by atoms with Crippen molar-refractivity contribution in [1.29, 1.82) is 0 Å². The third-order valence-electron chi connectivity index (χ3n) is 2.43. The molecule has 1 aromatic rings. The second-order valence-corrected chi connectivity index (χ2v) is 3.61. The number of aliphatic hydroxyl groups is 1. The van der Waals surface area contributed by atoms with Crippen LogP contribution in [0, 0.1) is 0 Å². The molecule has 1 unspecified atom stereocenters. The van der Waals surface area contributed by atoms with Gasteiger partial charge in [-0.15, -0.1) is 0 Å². The topological polar surface area (TPSA) is 58.5 Å². The molecule has 2 rings (SSSR count). The Hall–Kier alpha value is -1.04. The molecule has 0 radical (unpaired) electrons. The molecule has 15 heavy (non-hydrogen) atoms. The van der Waals surface area contributed by atoms with Gasteiger partial charge in [-0.3, -0.25) is 14.9 Å². The first-order valence-corrected chi connectivity index (χ1v) is 5.08. The van der Waals surface area contributed by atoms with Gasteiger partial charge in [-0.05, 0) is 0 Å². The zero-order valence-corrected chi connectivity index (χ0v) is 8.54. The first-order chi connectivity index (χ1) is 7.38. The van der Waals surface area contributed by atoms with Crippen molar-refractivity contribution >= 4 is 0 Å². The van der Waals surface area contributed by atoms with E-state index < -0.39 is 0 Å². The summed E-state index contributed by atoms with van der Waals surface area (Å²) < 4.78 is 5.37. The van der Waals surface area contributed by atoms with Crippen molar-refractivity contribution < 1.29 is 9.84 Å². The molecule has 5 heteroatoms. The van der Waals surface area contributed by atoms with Gasteiger partial charge in [0.1, 0.15) is 0 Å². The maximum Gasteiger partial charge on any atom is 0.0933 e. The highest BCUT2D eigenvalue weighted by Crippen LogP contribution is 2.07. The lowest BCUT2D eigenvalue weighted by Crippen LogP contribution is -2.43. The molecular formula is C10H15N3O2. The van der Waals surface area contributed by atoms with E-state index in [0.717, 1.165) is 25.3 Å². The van der Waals surface area contributed by atoms with Crippen molar-refractivity contribution in [2.24, 2.45) is 0 Å². The van der Waals surface area contributed by atoms with Gasteiger partial charge >= 0.3 is 0 Å². The van der Waals surface area contributed by atoms with Gasteiger partial charge in [0.2, 0.25) is 0 Å². The molecule has 0 amide bonds. The summed E-state index contributed by atoms with van der Waals surface area (Å²) in [6.07, 6.45) is 5.07. The summed E-state index contributed by atoms with van der Waals surface area (Å²) in [6, 6.07) is 0. The highest BCUT2D eigenvalue weighted by atomic mass is 16.5. The van der Waals surface area contributed by atoms with Crippen LogP contribution in [0.1, 0.15) is 5.69 Å². The Bertz CT molecular complexity index is 294. The van der Waals surface area contributed by atoms with Crippen molar-refractivity contribution in [3.05, 3.63) is 24.3 Å². The molecule has 1 fully saturated rings. The molecule has 1 aromatic heterocycles. The molecule has 1 atom stereocenters. The van der Waals surface area contributed by atoms with Crippen LogP contribution in [0.2, 0.25) is 0 Å². The van der Waals surface area contributed by atoms with Gasteiger partial charge in [-0.1, -0.05) is 0 Å². The lowest BCUT2D eigenvalue weighted by atomic mass is 10.2.